The predicted molar refractivity (Wildman–Crippen MR) is 82.3 cm³/mol. The maximum absolute atomic E-state index is 5.07. The van der Waals surface area contributed by atoms with Crippen molar-refractivity contribution in [2.75, 3.05) is 33.5 Å². The van der Waals surface area contributed by atoms with E-state index in [1.165, 1.54) is 38.5 Å². The molecule has 114 valence electrons. The first-order chi connectivity index (χ1) is 9.93. The molecule has 0 aromatic heterocycles. The molecule has 1 aromatic carbocycles. The van der Waals surface area contributed by atoms with Crippen LogP contribution in [0.25, 0.3) is 0 Å². The third kappa shape index (κ3) is 9.82. The molecule has 0 spiro atoms. The molecule has 20 heavy (non-hydrogen) atoms. The van der Waals surface area contributed by atoms with Gasteiger partial charge >= 0.3 is 0 Å². The molecule has 0 saturated carbocycles. The van der Waals surface area contributed by atoms with Gasteiger partial charge in [0.2, 0.25) is 0 Å². The topological polar surface area (TPSA) is 27.7 Å². The van der Waals surface area contributed by atoms with Crippen molar-refractivity contribution in [2.45, 2.75) is 38.5 Å². The zero-order valence-corrected chi connectivity index (χ0v) is 12.7. The molecule has 3 nitrogen and oxygen atoms in total. The highest BCUT2D eigenvalue weighted by atomic mass is 16.5. The number of ether oxygens (including phenoxy) is 3. The fourth-order valence-corrected chi connectivity index (χ4v) is 1.93. The van der Waals surface area contributed by atoms with E-state index in [9.17, 15) is 0 Å². The summed E-state index contributed by atoms with van der Waals surface area (Å²) in [7, 11) is 1.66. The van der Waals surface area contributed by atoms with Gasteiger partial charge in [-0.05, 0) is 50.7 Å². The molecule has 2 aliphatic heterocycles. The van der Waals surface area contributed by atoms with Crippen molar-refractivity contribution in [1.29, 1.82) is 0 Å². The normalized spacial score (nSPS) is 17.9. The number of rotatable bonds is 1. The zero-order valence-electron chi connectivity index (χ0n) is 12.7. The van der Waals surface area contributed by atoms with Crippen molar-refractivity contribution < 1.29 is 14.2 Å². The molecule has 0 atom stereocenters. The van der Waals surface area contributed by atoms with Gasteiger partial charge in [0, 0.05) is 26.4 Å². The van der Waals surface area contributed by atoms with Gasteiger partial charge in [0.15, 0.2) is 0 Å². The first-order valence-corrected chi connectivity index (χ1v) is 7.68. The Labute approximate surface area is 123 Å². The molecule has 0 aliphatic carbocycles. The summed E-state index contributed by atoms with van der Waals surface area (Å²) in [5, 5.41) is 0. The lowest BCUT2D eigenvalue weighted by Crippen LogP contribution is -2.03. The number of hydrogen-bond donors (Lipinski definition) is 0. The van der Waals surface area contributed by atoms with Gasteiger partial charge in [0.05, 0.1) is 7.11 Å². The molecular weight excluding hydrogens is 252 g/mol. The van der Waals surface area contributed by atoms with Crippen LogP contribution in [0.5, 0.6) is 5.75 Å². The van der Waals surface area contributed by atoms with Crippen LogP contribution < -0.4 is 4.74 Å². The lowest BCUT2D eigenvalue weighted by atomic mass is 10.2. The average Bonchev–Trinajstić information content (AvgIpc) is 2.60. The van der Waals surface area contributed by atoms with E-state index in [2.05, 4.69) is 0 Å². The van der Waals surface area contributed by atoms with Crippen LogP contribution in [-0.2, 0) is 9.47 Å². The van der Waals surface area contributed by atoms with E-state index in [1.807, 2.05) is 30.3 Å². The highest BCUT2D eigenvalue weighted by Crippen LogP contribution is 2.05. The Hall–Kier alpha value is -1.06. The van der Waals surface area contributed by atoms with Crippen molar-refractivity contribution in [3.05, 3.63) is 30.3 Å². The maximum Gasteiger partial charge on any atom is 0.118 e. The summed E-state index contributed by atoms with van der Waals surface area (Å²) in [5.74, 6) is 0.910. The van der Waals surface area contributed by atoms with Gasteiger partial charge in [-0.25, -0.2) is 0 Å². The van der Waals surface area contributed by atoms with Crippen LogP contribution in [0.3, 0.4) is 0 Å². The minimum absolute atomic E-state index is 0.910. The van der Waals surface area contributed by atoms with Crippen molar-refractivity contribution in [3.63, 3.8) is 0 Å². The van der Waals surface area contributed by atoms with E-state index >= 15 is 0 Å². The minimum Gasteiger partial charge on any atom is -0.497 e. The van der Waals surface area contributed by atoms with E-state index < -0.39 is 0 Å². The lowest BCUT2D eigenvalue weighted by molar-refractivity contribution is 0.0967. The van der Waals surface area contributed by atoms with E-state index in [0.29, 0.717) is 0 Å². The fraction of sp³-hybridized carbons (Fsp3) is 0.647. The summed E-state index contributed by atoms with van der Waals surface area (Å²) in [6, 6.07) is 9.68. The van der Waals surface area contributed by atoms with Crippen molar-refractivity contribution in [3.8, 4) is 5.75 Å². The molecule has 3 heteroatoms. The fourth-order valence-electron chi connectivity index (χ4n) is 1.93. The van der Waals surface area contributed by atoms with Crippen LogP contribution in [0.1, 0.15) is 38.5 Å². The summed E-state index contributed by atoms with van der Waals surface area (Å²) in [4.78, 5) is 0. The van der Waals surface area contributed by atoms with Gasteiger partial charge in [0.1, 0.15) is 5.75 Å². The van der Waals surface area contributed by atoms with E-state index in [0.717, 1.165) is 32.2 Å². The standard InChI is InChI=1S/C7H8O.2C5H10O/c1-8-7-5-3-2-4-6-7;2*1-2-4-6-5-3-1/h2-6H,1H3;2*1-5H2. The molecule has 2 fully saturated rings. The molecular formula is C17H28O3. The van der Waals surface area contributed by atoms with Gasteiger partial charge in [-0.2, -0.15) is 0 Å². The quantitative estimate of drug-likeness (QED) is 0.776. The van der Waals surface area contributed by atoms with Gasteiger partial charge in [0.25, 0.3) is 0 Å². The largest absolute Gasteiger partial charge is 0.497 e. The van der Waals surface area contributed by atoms with Crippen LogP contribution in [-0.4, -0.2) is 33.5 Å². The van der Waals surface area contributed by atoms with Crippen LogP contribution in [0.2, 0.25) is 0 Å². The zero-order chi connectivity index (χ0) is 14.3. The molecule has 0 bridgehead atoms. The van der Waals surface area contributed by atoms with Crippen LogP contribution >= 0.6 is 0 Å². The molecule has 2 heterocycles. The number of para-hydroxylation sites is 1. The van der Waals surface area contributed by atoms with Crippen LogP contribution in [0.4, 0.5) is 0 Å². The summed E-state index contributed by atoms with van der Waals surface area (Å²) in [6.45, 7) is 4.00. The first kappa shape index (κ1) is 17.0. The number of hydrogen-bond acceptors (Lipinski definition) is 3. The Bertz CT molecular complexity index is 257. The Kier molecular flexibility index (Phi) is 11.0. The van der Waals surface area contributed by atoms with Gasteiger partial charge in [-0.15, -0.1) is 0 Å². The second-order valence-corrected chi connectivity index (χ2v) is 4.86. The van der Waals surface area contributed by atoms with E-state index in [1.54, 1.807) is 7.11 Å². The third-order valence-corrected chi connectivity index (χ3v) is 3.13. The Morgan fingerprint density at radius 2 is 1.15 bits per heavy atom. The second-order valence-electron chi connectivity index (χ2n) is 4.86. The Morgan fingerprint density at radius 1 is 0.700 bits per heavy atom. The third-order valence-electron chi connectivity index (χ3n) is 3.13. The predicted octanol–water partition coefficient (Wildman–Crippen LogP) is 4.07. The molecule has 0 radical (unpaired) electrons. The summed E-state index contributed by atoms with van der Waals surface area (Å²) < 4.78 is 15.1. The van der Waals surface area contributed by atoms with E-state index in [-0.39, 0.29) is 0 Å². The highest BCUT2D eigenvalue weighted by Gasteiger charge is 1.95. The maximum atomic E-state index is 5.07. The van der Waals surface area contributed by atoms with Gasteiger partial charge < -0.3 is 14.2 Å². The first-order valence-electron chi connectivity index (χ1n) is 7.68. The highest BCUT2D eigenvalue weighted by molar-refractivity contribution is 5.20. The number of methoxy groups -OCH3 is 1. The molecule has 2 saturated heterocycles. The molecule has 1 aromatic rings. The second kappa shape index (κ2) is 12.9. The van der Waals surface area contributed by atoms with Gasteiger partial charge in [-0.3, -0.25) is 0 Å². The summed E-state index contributed by atoms with van der Waals surface area (Å²) >= 11 is 0. The average molecular weight is 280 g/mol. The van der Waals surface area contributed by atoms with Crippen LogP contribution in [0, 0.1) is 0 Å². The summed E-state index contributed by atoms with van der Waals surface area (Å²) in [6.07, 6.45) is 7.86. The SMILES string of the molecule is C1CCOCC1.C1CCOCC1.COc1ccccc1. The summed E-state index contributed by atoms with van der Waals surface area (Å²) in [5.41, 5.74) is 0. The smallest absolute Gasteiger partial charge is 0.118 e. The Morgan fingerprint density at radius 3 is 1.35 bits per heavy atom. The van der Waals surface area contributed by atoms with E-state index in [4.69, 9.17) is 14.2 Å². The van der Waals surface area contributed by atoms with Crippen LogP contribution in [0.15, 0.2) is 30.3 Å². The van der Waals surface area contributed by atoms with Gasteiger partial charge in [-0.1, -0.05) is 18.2 Å². The molecule has 0 N–H and O–H groups in total. The lowest BCUT2D eigenvalue weighted by Gasteiger charge is -2.08. The minimum atomic E-state index is 0.910. The molecule has 3 rings (SSSR count). The van der Waals surface area contributed by atoms with Crippen molar-refractivity contribution in [1.82, 2.24) is 0 Å². The molecule has 0 unspecified atom stereocenters. The Balaban J connectivity index is 0.000000152. The molecule has 0 amide bonds. The van der Waals surface area contributed by atoms with Crippen molar-refractivity contribution in [2.24, 2.45) is 0 Å². The monoisotopic (exact) mass is 280 g/mol. The van der Waals surface area contributed by atoms with Crippen molar-refractivity contribution >= 4 is 0 Å². The molecule has 2 aliphatic rings. The number of benzene rings is 1.